The Morgan fingerprint density at radius 2 is 1.75 bits per heavy atom. The highest BCUT2D eigenvalue weighted by molar-refractivity contribution is 6.09. The molecule has 6 nitrogen and oxygen atoms in total. The van der Waals surface area contributed by atoms with Gasteiger partial charge in [-0.1, -0.05) is 44.7 Å². The molecular weight excluding hydrogens is 361 g/mol. The lowest BCUT2D eigenvalue weighted by molar-refractivity contribution is -0.139. The Balaban J connectivity index is 1.82. The second-order valence-electron chi connectivity index (χ2n) is 7.63. The summed E-state index contributed by atoms with van der Waals surface area (Å²) in [6.07, 6.45) is 6.06. The molecule has 1 aromatic carbocycles. The fourth-order valence-corrected chi connectivity index (χ4v) is 4.01. The molecule has 2 aliphatic heterocycles. The summed E-state index contributed by atoms with van der Waals surface area (Å²) < 4.78 is 13.4. The maximum Gasteiger partial charge on any atom is 0.325 e. The van der Waals surface area contributed by atoms with E-state index in [1.807, 2.05) is 6.92 Å². The Labute approximate surface area is 165 Å². The third kappa shape index (κ3) is 4.03. The van der Waals surface area contributed by atoms with Gasteiger partial charge in [-0.05, 0) is 37.0 Å². The molecule has 28 heavy (non-hydrogen) atoms. The van der Waals surface area contributed by atoms with E-state index in [1.165, 1.54) is 24.3 Å². The minimum atomic E-state index is -1.24. The topological polar surface area (TPSA) is 69.7 Å². The number of hydrogen-bond acceptors (Lipinski definition) is 3. The SMILES string of the molecule is CCCC[C@@]1(c2ccc(F)cc2)NC(=O)N(CC(=O)N2CCCCCC2)C1=O. The van der Waals surface area contributed by atoms with Gasteiger partial charge in [0.15, 0.2) is 0 Å². The fourth-order valence-electron chi connectivity index (χ4n) is 4.01. The van der Waals surface area contributed by atoms with Gasteiger partial charge in [-0.25, -0.2) is 9.18 Å². The number of benzene rings is 1. The number of amides is 4. The summed E-state index contributed by atoms with van der Waals surface area (Å²) in [5, 5.41) is 2.80. The highest BCUT2D eigenvalue weighted by Gasteiger charge is 2.52. The van der Waals surface area contributed by atoms with E-state index in [0.717, 1.165) is 43.4 Å². The first-order valence-corrected chi connectivity index (χ1v) is 10.2. The van der Waals surface area contributed by atoms with Crippen molar-refractivity contribution in [2.45, 2.75) is 57.4 Å². The maximum absolute atomic E-state index is 13.4. The van der Waals surface area contributed by atoms with Crippen molar-refractivity contribution in [3.63, 3.8) is 0 Å². The number of imide groups is 1. The van der Waals surface area contributed by atoms with Gasteiger partial charge in [0.25, 0.3) is 5.91 Å². The highest BCUT2D eigenvalue weighted by Crippen LogP contribution is 2.34. The van der Waals surface area contributed by atoms with Crippen LogP contribution < -0.4 is 5.32 Å². The molecule has 0 spiro atoms. The summed E-state index contributed by atoms with van der Waals surface area (Å²) in [7, 11) is 0. The van der Waals surface area contributed by atoms with E-state index in [4.69, 9.17) is 0 Å². The quantitative estimate of drug-likeness (QED) is 0.760. The number of carbonyl (C=O) groups is 3. The first kappa shape index (κ1) is 20.3. The third-order valence-corrected chi connectivity index (χ3v) is 5.67. The highest BCUT2D eigenvalue weighted by atomic mass is 19.1. The van der Waals surface area contributed by atoms with E-state index < -0.39 is 23.3 Å². The Morgan fingerprint density at radius 1 is 1.11 bits per heavy atom. The van der Waals surface area contributed by atoms with Crippen LogP contribution >= 0.6 is 0 Å². The predicted octanol–water partition coefficient (Wildman–Crippen LogP) is 3.17. The molecule has 0 aliphatic carbocycles. The van der Waals surface area contributed by atoms with Crippen LogP contribution in [0.1, 0.15) is 57.4 Å². The van der Waals surface area contributed by atoms with E-state index >= 15 is 0 Å². The van der Waals surface area contributed by atoms with Crippen LogP contribution in [-0.4, -0.2) is 47.3 Å². The number of unbranched alkanes of at least 4 members (excludes halogenated alkanes) is 1. The van der Waals surface area contributed by atoms with Crippen molar-refractivity contribution in [1.82, 2.24) is 15.1 Å². The largest absolute Gasteiger partial charge is 0.341 e. The number of likely N-dealkylation sites (tertiary alicyclic amines) is 1. The molecule has 4 amide bonds. The summed E-state index contributed by atoms with van der Waals surface area (Å²) in [5.74, 6) is -1.03. The second-order valence-corrected chi connectivity index (χ2v) is 7.63. The fraction of sp³-hybridized carbons (Fsp3) is 0.571. The molecule has 0 saturated carbocycles. The molecule has 7 heteroatoms. The molecule has 2 fully saturated rings. The van der Waals surface area contributed by atoms with Crippen LogP contribution in [0.3, 0.4) is 0 Å². The lowest BCUT2D eigenvalue weighted by Crippen LogP contribution is -2.46. The van der Waals surface area contributed by atoms with Crippen LogP contribution in [-0.2, 0) is 15.1 Å². The van der Waals surface area contributed by atoms with Gasteiger partial charge in [0.1, 0.15) is 17.9 Å². The van der Waals surface area contributed by atoms with Gasteiger partial charge in [-0.15, -0.1) is 0 Å². The Kier molecular flexibility index (Phi) is 6.31. The third-order valence-electron chi connectivity index (χ3n) is 5.67. The number of rotatable bonds is 6. The number of urea groups is 1. The summed E-state index contributed by atoms with van der Waals surface area (Å²) >= 11 is 0. The van der Waals surface area contributed by atoms with Crippen molar-refractivity contribution < 1.29 is 18.8 Å². The van der Waals surface area contributed by atoms with E-state index in [-0.39, 0.29) is 12.5 Å². The minimum absolute atomic E-state index is 0.198. The molecule has 0 bridgehead atoms. The monoisotopic (exact) mass is 389 g/mol. The standard InChI is InChI=1S/C21H28FN3O3/c1-2-3-12-21(16-8-10-17(22)11-9-16)19(27)25(20(28)23-21)15-18(26)24-13-6-4-5-7-14-24/h8-11H,2-7,12-15H2,1H3,(H,23,28)/t21-/m0/s1. The van der Waals surface area contributed by atoms with Crippen molar-refractivity contribution in [3.8, 4) is 0 Å². The zero-order valence-corrected chi connectivity index (χ0v) is 16.4. The summed E-state index contributed by atoms with van der Waals surface area (Å²) in [6.45, 7) is 3.09. The van der Waals surface area contributed by atoms with E-state index in [1.54, 1.807) is 4.90 Å². The minimum Gasteiger partial charge on any atom is -0.341 e. The molecule has 152 valence electrons. The first-order valence-electron chi connectivity index (χ1n) is 10.2. The van der Waals surface area contributed by atoms with E-state index in [9.17, 15) is 18.8 Å². The van der Waals surface area contributed by atoms with Crippen molar-refractivity contribution in [3.05, 3.63) is 35.6 Å². The van der Waals surface area contributed by atoms with Gasteiger partial charge < -0.3 is 10.2 Å². The Bertz CT molecular complexity index is 729. The Hall–Kier alpha value is -2.44. The lowest BCUT2D eigenvalue weighted by atomic mass is 9.85. The normalized spacial score (nSPS) is 22.9. The van der Waals surface area contributed by atoms with Gasteiger partial charge in [-0.2, -0.15) is 0 Å². The van der Waals surface area contributed by atoms with Crippen LogP contribution in [0, 0.1) is 5.82 Å². The number of carbonyl (C=O) groups excluding carboxylic acids is 3. The molecule has 0 aromatic heterocycles. The molecule has 1 atom stereocenters. The van der Waals surface area contributed by atoms with Gasteiger partial charge in [0, 0.05) is 13.1 Å². The molecule has 1 aromatic rings. The molecule has 2 heterocycles. The molecule has 2 saturated heterocycles. The first-order chi connectivity index (χ1) is 13.5. The number of nitrogens with one attached hydrogen (secondary N) is 1. The molecule has 3 rings (SSSR count). The maximum atomic E-state index is 13.4. The van der Waals surface area contributed by atoms with Crippen molar-refractivity contribution in [2.75, 3.05) is 19.6 Å². The van der Waals surface area contributed by atoms with Gasteiger partial charge >= 0.3 is 6.03 Å². The van der Waals surface area contributed by atoms with Crippen molar-refractivity contribution >= 4 is 17.8 Å². The van der Waals surface area contributed by atoms with Gasteiger partial charge in [0.2, 0.25) is 5.91 Å². The number of halogens is 1. The Morgan fingerprint density at radius 3 is 2.36 bits per heavy atom. The van der Waals surface area contributed by atoms with Gasteiger partial charge in [-0.3, -0.25) is 14.5 Å². The van der Waals surface area contributed by atoms with Crippen LogP contribution in [0.2, 0.25) is 0 Å². The van der Waals surface area contributed by atoms with E-state index in [0.29, 0.717) is 25.1 Å². The summed E-state index contributed by atoms with van der Waals surface area (Å²) in [5.41, 5.74) is -0.690. The van der Waals surface area contributed by atoms with Crippen LogP contribution in [0.5, 0.6) is 0 Å². The van der Waals surface area contributed by atoms with Crippen molar-refractivity contribution in [1.29, 1.82) is 0 Å². The average Bonchev–Trinajstić information content (AvgIpc) is 2.89. The molecule has 2 aliphatic rings. The zero-order valence-electron chi connectivity index (χ0n) is 16.4. The smallest absolute Gasteiger partial charge is 0.325 e. The number of nitrogens with zero attached hydrogens (tertiary/aromatic N) is 2. The number of hydrogen-bond donors (Lipinski definition) is 1. The average molecular weight is 389 g/mol. The summed E-state index contributed by atoms with van der Waals surface area (Å²) in [6, 6.07) is 5.07. The van der Waals surface area contributed by atoms with Crippen LogP contribution in [0.15, 0.2) is 24.3 Å². The zero-order chi connectivity index (χ0) is 20.1. The summed E-state index contributed by atoms with van der Waals surface area (Å²) in [4.78, 5) is 41.4. The lowest BCUT2D eigenvalue weighted by Gasteiger charge is -2.28. The van der Waals surface area contributed by atoms with E-state index in [2.05, 4.69) is 5.32 Å². The molecule has 0 unspecified atom stereocenters. The predicted molar refractivity (Wildman–Crippen MR) is 103 cm³/mol. The van der Waals surface area contributed by atoms with Gasteiger partial charge in [0.05, 0.1) is 0 Å². The molecule has 1 N–H and O–H groups in total. The van der Waals surface area contributed by atoms with Crippen molar-refractivity contribution in [2.24, 2.45) is 0 Å². The molecule has 0 radical (unpaired) electrons. The van der Waals surface area contributed by atoms with Crippen LogP contribution in [0.25, 0.3) is 0 Å². The molecular formula is C21H28FN3O3. The second kappa shape index (κ2) is 8.71. The van der Waals surface area contributed by atoms with Crippen LogP contribution in [0.4, 0.5) is 9.18 Å².